The summed E-state index contributed by atoms with van der Waals surface area (Å²) in [6.07, 6.45) is 1.60. The molecule has 8 heteroatoms. The van der Waals surface area contributed by atoms with Crippen molar-refractivity contribution in [3.8, 4) is 0 Å². The first-order chi connectivity index (χ1) is 13.5. The third kappa shape index (κ3) is 11.2. The van der Waals surface area contributed by atoms with E-state index in [0.717, 1.165) is 6.42 Å². The Morgan fingerprint density at radius 1 is 1.14 bits per heavy atom. The SMILES string of the molecule is CCC.CCC(C)C(C(CC(N)=O)OC)N(C)C(=O)CNC(=O)C(NC)C(C)C.[HH]. The van der Waals surface area contributed by atoms with Gasteiger partial charge in [-0.25, -0.2) is 0 Å². The molecule has 0 rings (SSSR count). The number of carbonyl (C=O) groups is 3. The Balaban J connectivity index is -0.00000171. The first kappa shape index (κ1) is 29.5. The summed E-state index contributed by atoms with van der Waals surface area (Å²) in [5.41, 5.74) is 5.31. The van der Waals surface area contributed by atoms with Gasteiger partial charge in [-0.1, -0.05) is 54.4 Å². The van der Waals surface area contributed by atoms with Gasteiger partial charge < -0.3 is 26.0 Å². The third-order valence-electron chi connectivity index (χ3n) is 4.83. The highest BCUT2D eigenvalue weighted by atomic mass is 16.5. The first-order valence-corrected chi connectivity index (χ1v) is 10.5. The number of nitrogens with two attached hydrogens (primary N) is 1. The van der Waals surface area contributed by atoms with E-state index in [1.165, 1.54) is 13.5 Å². The molecule has 0 bridgehead atoms. The summed E-state index contributed by atoms with van der Waals surface area (Å²) in [7, 11) is 4.88. The van der Waals surface area contributed by atoms with Crippen LogP contribution in [-0.4, -0.2) is 68.6 Å². The summed E-state index contributed by atoms with van der Waals surface area (Å²) in [6.45, 7) is 12.0. The number of rotatable bonds is 12. The number of carbonyl (C=O) groups excluding carboxylic acids is 3. The Hall–Kier alpha value is -1.67. The number of hydrogen-bond donors (Lipinski definition) is 3. The Morgan fingerprint density at radius 2 is 1.66 bits per heavy atom. The van der Waals surface area contributed by atoms with E-state index in [1.807, 2.05) is 27.7 Å². The molecule has 0 heterocycles. The molecule has 0 saturated heterocycles. The number of likely N-dealkylation sites (N-methyl/N-ethyl adjacent to an activating group) is 2. The molecule has 4 unspecified atom stereocenters. The molecular weight excluding hydrogens is 372 g/mol. The fourth-order valence-corrected chi connectivity index (χ4v) is 3.11. The average Bonchev–Trinajstić information content (AvgIpc) is 2.65. The van der Waals surface area contributed by atoms with Crippen LogP contribution in [0.25, 0.3) is 0 Å². The molecule has 8 nitrogen and oxygen atoms in total. The van der Waals surface area contributed by atoms with E-state index in [2.05, 4.69) is 24.5 Å². The Kier molecular flexibility index (Phi) is 16.5. The van der Waals surface area contributed by atoms with Crippen molar-refractivity contribution in [2.24, 2.45) is 17.6 Å². The number of amides is 3. The number of nitrogens with one attached hydrogen (secondary N) is 2. The van der Waals surface area contributed by atoms with Gasteiger partial charge in [-0.3, -0.25) is 14.4 Å². The second-order valence-electron chi connectivity index (χ2n) is 7.76. The van der Waals surface area contributed by atoms with Crippen molar-refractivity contribution in [1.29, 1.82) is 0 Å². The van der Waals surface area contributed by atoms with Crippen molar-refractivity contribution >= 4 is 17.7 Å². The Labute approximate surface area is 178 Å². The van der Waals surface area contributed by atoms with E-state index in [1.54, 1.807) is 19.0 Å². The highest BCUT2D eigenvalue weighted by Gasteiger charge is 2.33. The van der Waals surface area contributed by atoms with Crippen LogP contribution in [0.3, 0.4) is 0 Å². The molecule has 0 aliphatic heterocycles. The first-order valence-electron chi connectivity index (χ1n) is 10.5. The van der Waals surface area contributed by atoms with Crippen LogP contribution in [0, 0.1) is 11.8 Å². The van der Waals surface area contributed by atoms with Crippen LogP contribution in [0.1, 0.15) is 62.2 Å². The lowest BCUT2D eigenvalue weighted by molar-refractivity contribution is -0.139. The highest BCUT2D eigenvalue weighted by Crippen LogP contribution is 2.21. The number of methoxy groups -OCH3 is 1. The van der Waals surface area contributed by atoms with Gasteiger partial charge in [0.15, 0.2) is 0 Å². The molecule has 4 atom stereocenters. The summed E-state index contributed by atoms with van der Waals surface area (Å²) in [4.78, 5) is 37.7. The van der Waals surface area contributed by atoms with Crippen molar-refractivity contribution in [3.05, 3.63) is 0 Å². The minimum Gasteiger partial charge on any atom is -0.379 e. The molecule has 0 radical (unpaired) electrons. The quantitative estimate of drug-likeness (QED) is 0.447. The number of nitrogens with zero attached hydrogens (tertiary/aromatic N) is 1. The van der Waals surface area contributed by atoms with E-state index in [9.17, 15) is 14.4 Å². The maximum atomic E-state index is 12.6. The minimum absolute atomic E-state index is 0. The summed E-state index contributed by atoms with van der Waals surface area (Å²) in [6, 6.07) is -0.674. The van der Waals surface area contributed by atoms with Crippen molar-refractivity contribution in [2.75, 3.05) is 27.7 Å². The maximum Gasteiger partial charge on any atom is 0.242 e. The number of hydrogen-bond acceptors (Lipinski definition) is 5. The van der Waals surface area contributed by atoms with Gasteiger partial charge in [-0.15, -0.1) is 0 Å². The predicted molar refractivity (Wildman–Crippen MR) is 119 cm³/mol. The fraction of sp³-hybridized carbons (Fsp3) is 0.857. The average molecular weight is 419 g/mol. The van der Waals surface area contributed by atoms with Gasteiger partial charge in [0.05, 0.1) is 31.2 Å². The van der Waals surface area contributed by atoms with Gasteiger partial charge in [0.2, 0.25) is 17.7 Å². The summed E-state index contributed by atoms with van der Waals surface area (Å²) >= 11 is 0. The van der Waals surface area contributed by atoms with E-state index < -0.39 is 12.0 Å². The second kappa shape index (κ2) is 16.2. The van der Waals surface area contributed by atoms with Gasteiger partial charge in [0.25, 0.3) is 0 Å². The van der Waals surface area contributed by atoms with Gasteiger partial charge in [-0.05, 0) is 18.9 Å². The molecule has 29 heavy (non-hydrogen) atoms. The molecule has 174 valence electrons. The van der Waals surface area contributed by atoms with Crippen molar-refractivity contribution in [3.63, 3.8) is 0 Å². The van der Waals surface area contributed by atoms with Gasteiger partial charge in [0, 0.05) is 15.6 Å². The Morgan fingerprint density at radius 3 is 2.00 bits per heavy atom. The molecule has 0 spiro atoms. The zero-order valence-corrected chi connectivity index (χ0v) is 19.9. The number of primary amides is 1. The van der Waals surface area contributed by atoms with Crippen LogP contribution in [0.4, 0.5) is 0 Å². The zero-order valence-electron chi connectivity index (χ0n) is 19.9. The molecular formula is C21H46N4O4. The molecule has 0 saturated carbocycles. The molecule has 0 aromatic rings. The predicted octanol–water partition coefficient (Wildman–Crippen LogP) is 1.77. The van der Waals surface area contributed by atoms with Gasteiger partial charge in [-0.2, -0.15) is 0 Å². The smallest absolute Gasteiger partial charge is 0.242 e. The normalized spacial score (nSPS) is 14.8. The van der Waals surface area contributed by atoms with Crippen LogP contribution in [0.15, 0.2) is 0 Å². The molecule has 0 aromatic carbocycles. The monoisotopic (exact) mass is 418 g/mol. The molecule has 3 amide bonds. The molecule has 4 N–H and O–H groups in total. The van der Waals surface area contributed by atoms with Crippen LogP contribution in [0.5, 0.6) is 0 Å². The van der Waals surface area contributed by atoms with Crippen LogP contribution in [-0.2, 0) is 19.1 Å². The summed E-state index contributed by atoms with van der Waals surface area (Å²) in [5, 5.41) is 5.63. The Bertz CT molecular complexity index is 492. The van der Waals surface area contributed by atoms with Crippen molar-refractivity contribution < 1.29 is 20.5 Å². The second-order valence-corrected chi connectivity index (χ2v) is 7.76. The molecule has 0 aliphatic rings. The molecule has 0 aromatic heterocycles. The summed E-state index contributed by atoms with van der Waals surface area (Å²) in [5.74, 6) is -0.731. The van der Waals surface area contributed by atoms with Crippen molar-refractivity contribution in [1.82, 2.24) is 15.5 Å². The zero-order chi connectivity index (χ0) is 23.1. The molecule has 0 fully saturated rings. The fourth-order valence-electron chi connectivity index (χ4n) is 3.11. The van der Waals surface area contributed by atoms with Crippen LogP contribution in [0.2, 0.25) is 0 Å². The lowest BCUT2D eigenvalue weighted by Crippen LogP contribution is -2.54. The van der Waals surface area contributed by atoms with E-state index >= 15 is 0 Å². The third-order valence-corrected chi connectivity index (χ3v) is 4.83. The van der Waals surface area contributed by atoms with Gasteiger partial charge in [0.1, 0.15) is 0 Å². The van der Waals surface area contributed by atoms with E-state index in [0.29, 0.717) is 0 Å². The van der Waals surface area contributed by atoms with E-state index in [4.69, 9.17) is 10.5 Å². The highest BCUT2D eigenvalue weighted by molar-refractivity contribution is 5.87. The largest absolute Gasteiger partial charge is 0.379 e. The lowest BCUT2D eigenvalue weighted by Gasteiger charge is -2.37. The van der Waals surface area contributed by atoms with E-state index in [-0.39, 0.29) is 50.1 Å². The van der Waals surface area contributed by atoms with Crippen LogP contribution >= 0.6 is 0 Å². The lowest BCUT2D eigenvalue weighted by atomic mass is 9.91. The maximum absolute atomic E-state index is 12.6. The van der Waals surface area contributed by atoms with Crippen molar-refractivity contribution in [2.45, 2.75) is 79.0 Å². The number of ether oxygens (including phenoxy) is 1. The minimum atomic E-state index is -0.493. The topological polar surface area (TPSA) is 114 Å². The summed E-state index contributed by atoms with van der Waals surface area (Å²) < 4.78 is 5.44. The molecule has 0 aliphatic carbocycles. The van der Waals surface area contributed by atoms with Crippen LogP contribution < -0.4 is 16.4 Å². The van der Waals surface area contributed by atoms with Gasteiger partial charge >= 0.3 is 0 Å². The standard InChI is InChI=1S/C18H36N4O4.C3H8.H2/c1-8-12(4)17(13(26-7)9-14(19)23)22(6)15(24)10-21-18(25)16(20-5)11(2)3;1-3-2;/h11-13,16-17,20H,8-10H2,1-7H3,(H2,19,23)(H,21,25);3H2,1-2H3;1H.